The zero-order chi connectivity index (χ0) is 18.7. The third-order valence-electron chi connectivity index (χ3n) is 4.10. The summed E-state index contributed by atoms with van der Waals surface area (Å²) >= 11 is 0. The number of methoxy groups -OCH3 is 2. The number of anilines is 1. The number of aromatic nitrogens is 2. The van der Waals surface area contributed by atoms with E-state index in [2.05, 4.69) is 9.97 Å². The van der Waals surface area contributed by atoms with E-state index in [0.29, 0.717) is 50.0 Å². The zero-order valence-electron chi connectivity index (χ0n) is 14.4. The van der Waals surface area contributed by atoms with E-state index >= 15 is 0 Å². The van der Waals surface area contributed by atoms with E-state index in [9.17, 15) is 13.6 Å². The minimum atomic E-state index is -0.863. The maximum Gasteiger partial charge on any atom is 0.256 e. The molecule has 0 N–H and O–H groups in total. The summed E-state index contributed by atoms with van der Waals surface area (Å²) in [6.45, 7) is 1.65. The Morgan fingerprint density at radius 2 is 1.62 bits per heavy atom. The van der Waals surface area contributed by atoms with Gasteiger partial charge in [-0.3, -0.25) is 4.79 Å². The Morgan fingerprint density at radius 3 is 2.15 bits per heavy atom. The van der Waals surface area contributed by atoms with Crippen LogP contribution in [0.15, 0.2) is 24.3 Å². The van der Waals surface area contributed by atoms with Crippen LogP contribution in [0.3, 0.4) is 0 Å². The van der Waals surface area contributed by atoms with Crippen LogP contribution in [0, 0.1) is 11.6 Å². The fraction of sp³-hybridized carbons (Fsp3) is 0.353. The molecule has 138 valence electrons. The zero-order valence-corrected chi connectivity index (χ0v) is 14.4. The lowest BCUT2D eigenvalue weighted by Gasteiger charge is -2.34. The summed E-state index contributed by atoms with van der Waals surface area (Å²) in [6, 6.07) is 4.51. The van der Waals surface area contributed by atoms with Crippen LogP contribution in [-0.2, 0) is 0 Å². The molecule has 0 atom stereocenters. The van der Waals surface area contributed by atoms with Gasteiger partial charge in [-0.2, -0.15) is 9.97 Å². The molecule has 9 heteroatoms. The molecule has 0 radical (unpaired) electrons. The Balaban J connectivity index is 1.70. The van der Waals surface area contributed by atoms with Gasteiger partial charge in [-0.15, -0.1) is 0 Å². The van der Waals surface area contributed by atoms with Gasteiger partial charge in [-0.05, 0) is 12.1 Å². The Hall–Kier alpha value is -2.97. The van der Waals surface area contributed by atoms with Crippen LogP contribution in [0.2, 0.25) is 0 Å². The SMILES string of the molecule is COc1cc(OC)nc(N2CCN(C(=O)c3ccc(F)cc3F)CC2)n1. The molecule has 3 rings (SSSR count). The van der Waals surface area contributed by atoms with Crippen molar-refractivity contribution in [2.24, 2.45) is 0 Å². The number of amides is 1. The normalized spacial score (nSPS) is 14.3. The van der Waals surface area contributed by atoms with E-state index in [0.717, 1.165) is 12.1 Å². The largest absolute Gasteiger partial charge is 0.481 e. The van der Waals surface area contributed by atoms with Crippen LogP contribution in [0.4, 0.5) is 14.7 Å². The predicted octanol–water partition coefficient (Wildman–Crippen LogP) is 1.73. The molecule has 1 aromatic carbocycles. The van der Waals surface area contributed by atoms with Gasteiger partial charge in [-0.25, -0.2) is 8.78 Å². The summed E-state index contributed by atoms with van der Waals surface area (Å²) in [6.07, 6.45) is 0. The van der Waals surface area contributed by atoms with Crippen molar-refractivity contribution in [3.63, 3.8) is 0 Å². The highest BCUT2D eigenvalue weighted by molar-refractivity contribution is 5.94. The van der Waals surface area contributed by atoms with Crippen molar-refractivity contribution >= 4 is 11.9 Å². The first-order valence-corrected chi connectivity index (χ1v) is 7.98. The highest BCUT2D eigenvalue weighted by Gasteiger charge is 2.26. The number of benzene rings is 1. The van der Waals surface area contributed by atoms with Gasteiger partial charge in [0, 0.05) is 32.2 Å². The molecule has 1 aliphatic heterocycles. The molecular weight excluding hydrogens is 346 g/mol. The summed E-state index contributed by atoms with van der Waals surface area (Å²) in [5.41, 5.74) is -0.140. The smallest absolute Gasteiger partial charge is 0.256 e. The summed E-state index contributed by atoms with van der Waals surface area (Å²) in [4.78, 5) is 24.4. The Labute approximate surface area is 149 Å². The molecule has 0 unspecified atom stereocenters. The number of hydrogen-bond acceptors (Lipinski definition) is 6. The minimum Gasteiger partial charge on any atom is -0.481 e. The first-order valence-electron chi connectivity index (χ1n) is 7.98. The van der Waals surface area contributed by atoms with E-state index in [1.54, 1.807) is 6.07 Å². The van der Waals surface area contributed by atoms with Crippen LogP contribution in [0.25, 0.3) is 0 Å². The van der Waals surface area contributed by atoms with Crippen molar-refractivity contribution < 1.29 is 23.0 Å². The quantitative estimate of drug-likeness (QED) is 0.823. The van der Waals surface area contributed by atoms with Crippen LogP contribution in [-0.4, -0.2) is 61.2 Å². The lowest BCUT2D eigenvalue weighted by atomic mass is 10.1. The Bertz CT molecular complexity index is 788. The first-order chi connectivity index (χ1) is 12.5. The van der Waals surface area contributed by atoms with Crippen LogP contribution in [0.1, 0.15) is 10.4 Å². The monoisotopic (exact) mass is 364 g/mol. The van der Waals surface area contributed by atoms with Gasteiger partial charge in [0.1, 0.15) is 11.6 Å². The van der Waals surface area contributed by atoms with Crippen LogP contribution in [0.5, 0.6) is 11.8 Å². The van der Waals surface area contributed by atoms with Crippen molar-refractivity contribution in [3.8, 4) is 11.8 Å². The van der Waals surface area contributed by atoms with E-state index in [4.69, 9.17) is 9.47 Å². The topological polar surface area (TPSA) is 67.8 Å². The fourth-order valence-corrected chi connectivity index (χ4v) is 2.69. The molecule has 26 heavy (non-hydrogen) atoms. The number of nitrogens with zero attached hydrogens (tertiary/aromatic N) is 4. The Kier molecular flexibility index (Phi) is 5.15. The molecule has 0 bridgehead atoms. The molecule has 1 amide bonds. The minimum absolute atomic E-state index is 0.140. The number of carbonyl (C=O) groups excluding carboxylic acids is 1. The number of halogens is 2. The molecule has 1 aliphatic rings. The van der Waals surface area contributed by atoms with Crippen LogP contribution < -0.4 is 14.4 Å². The second-order valence-electron chi connectivity index (χ2n) is 5.66. The van der Waals surface area contributed by atoms with Crippen molar-refractivity contribution in [2.45, 2.75) is 0 Å². The summed E-state index contributed by atoms with van der Waals surface area (Å²) in [7, 11) is 3.00. The van der Waals surface area contributed by atoms with Gasteiger partial charge in [0.25, 0.3) is 5.91 Å². The first kappa shape index (κ1) is 17.8. The Morgan fingerprint density at radius 1 is 1.00 bits per heavy atom. The average molecular weight is 364 g/mol. The molecule has 7 nitrogen and oxygen atoms in total. The van der Waals surface area contributed by atoms with Gasteiger partial charge in [0.2, 0.25) is 17.7 Å². The molecule has 0 spiro atoms. The molecule has 1 saturated heterocycles. The van der Waals surface area contributed by atoms with Gasteiger partial charge < -0.3 is 19.3 Å². The van der Waals surface area contributed by atoms with E-state index in [1.165, 1.54) is 19.1 Å². The lowest BCUT2D eigenvalue weighted by Crippen LogP contribution is -2.49. The number of ether oxygens (including phenoxy) is 2. The van der Waals surface area contributed by atoms with Gasteiger partial charge in [0.15, 0.2) is 0 Å². The summed E-state index contributed by atoms with van der Waals surface area (Å²) in [5.74, 6) is -0.865. The van der Waals surface area contributed by atoms with Gasteiger partial charge >= 0.3 is 0 Å². The molecular formula is C17H18F2N4O3. The van der Waals surface area contributed by atoms with Crippen molar-refractivity contribution in [3.05, 3.63) is 41.5 Å². The van der Waals surface area contributed by atoms with Gasteiger partial charge in [0.05, 0.1) is 25.8 Å². The molecule has 0 aliphatic carbocycles. The third kappa shape index (κ3) is 3.66. The standard InChI is InChI=1S/C17H18F2N4O3/c1-25-14-10-15(26-2)21-17(20-14)23-7-5-22(6-8-23)16(24)12-4-3-11(18)9-13(12)19/h3-4,9-10H,5-8H2,1-2H3. The molecule has 1 fully saturated rings. The third-order valence-corrected chi connectivity index (χ3v) is 4.10. The molecule has 1 aromatic heterocycles. The maximum absolute atomic E-state index is 13.8. The fourth-order valence-electron chi connectivity index (χ4n) is 2.69. The lowest BCUT2D eigenvalue weighted by molar-refractivity contribution is 0.0741. The second-order valence-corrected chi connectivity index (χ2v) is 5.66. The van der Waals surface area contributed by atoms with Crippen LogP contribution >= 0.6 is 0 Å². The predicted molar refractivity (Wildman–Crippen MR) is 89.6 cm³/mol. The number of piperazine rings is 1. The molecule has 0 saturated carbocycles. The number of carbonyl (C=O) groups is 1. The number of hydrogen-bond donors (Lipinski definition) is 0. The summed E-state index contributed by atoms with van der Waals surface area (Å²) < 4.78 is 37.1. The van der Waals surface area contributed by atoms with Crippen molar-refractivity contribution in [1.82, 2.24) is 14.9 Å². The van der Waals surface area contributed by atoms with Gasteiger partial charge in [-0.1, -0.05) is 0 Å². The van der Waals surface area contributed by atoms with E-state index in [-0.39, 0.29) is 5.56 Å². The van der Waals surface area contributed by atoms with Crippen molar-refractivity contribution in [1.29, 1.82) is 0 Å². The summed E-state index contributed by atoms with van der Waals surface area (Å²) in [5, 5.41) is 0. The molecule has 2 aromatic rings. The number of rotatable bonds is 4. The molecule has 2 heterocycles. The highest BCUT2D eigenvalue weighted by atomic mass is 19.1. The van der Waals surface area contributed by atoms with E-state index in [1.807, 2.05) is 4.90 Å². The average Bonchev–Trinajstić information content (AvgIpc) is 2.67. The van der Waals surface area contributed by atoms with Crippen molar-refractivity contribution in [2.75, 3.05) is 45.3 Å². The van der Waals surface area contributed by atoms with E-state index < -0.39 is 17.5 Å². The highest BCUT2D eigenvalue weighted by Crippen LogP contribution is 2.22. The maximum atomic E-state index is 13.8. The second kappa shape index (κ2) is 7.51.